The van der Waals surface area contributed by atoms with E-state index in [0.29, 0.717) is 13.0 Å². The van der Waals surface area contributed by atoms with Gasteiger partial charge in [0.05, 0.1) is 6.42 Å². The highest BCUT2D eigenvalue weighted by Crippen LogP contribution is 2.44. The molecule has 174 valence electrons. The Kier molecular flexibility index (Phi) is 6.67. The van der Waals surface area contributed by atoms with Crippen LogP contribution in [0.25, 0.3) is 11.1 Å². The third-order valence-corrected chi connectivity index (χ3v) is 6.64. The molecule has 7 heteroatoms. The molecule has 0 aliphatic heterocycles. The lowest BCUT2D eigenvalue weighted by Gasteiger charge is -2.20. The summed E-state index contributed by atoms with van der Waals surface area (Å²) in [5.74, 6) is -1.20. The van der Waals surface area contributed by atoms with E-state index in [1.54, 1.807) is 0 Å². The first-order valence-electron chi connectivity index (χ1n) is 11.5. The smallest absolute Gasteiger partial charge is 0.407 e. The highest BCUT2D eigenvalue weighted by molar-refractivity contribution is 5.83. The van der Waals surface area contributed by atoms with Crippen molar-refractivity contribution in [3.05, 3.63) is 59.7 Å². The molecule has 1 unspecified atom stereocenters. The molecule has 7 nitrogen and oxygen atoms in total. The summed E-state index contributed by atoms with van der Waals surface area (Å²) in [6.07, 6.45) is 0.0838. The van der Waals surface area contributed by atoms with Gasteiger partial charge in [-0.15, -0.1) is 0 Å². The van der Waals surface area contributed by atoms with E-state index >= 15 is 0 Å². The fraction of sp³-hybridized carbons (Fsp3) is 0.423. The molecule has 33 heavy (non-hydrogen) atoms. The van der Waals surface area contributed by atoms with Crippen molar-refractivity contribution >= 4 is 18.0 Å². The molecule has 2 aromatic carbocycles. The molecule has 4 rings (SSSR count). The number of ether oxygens (including phenoxy) is 1. The zero-order chi connectivity index (χ0) is 23.5. The number of carboxylic acids is 1. The number of carbonyl (C=O) groups is 3. The van der Waals surface area contributed by atoms with Crippen LogP contribution in [0, 0.1) is 17.8 Å². The average Bonchev–Trinajstić information content (AvgIpc) is 3.51. The lowest BCUT2D eigenvalue weighted by atomic mass is 9.98. The van der Waals surface area contributed by atoms with Crippen LogP contribution in [0.3, 0.4) is 0 Å². The molecule has 0 radical (unpaired) electrons. The van der Waals surface area contributed by atoms with Gasteiger partial charge in [-0.25, -0.2) is 4.79 Å². The normalized spacial score (nSPS) is 19.4. The van der Waals surface area contributed by atoms with E-state index in [0.717, 1.165) is 11.1 Å². The fourth-order valence-corrected chi connectivity index (χ4v) is 4.59. The molecule has 1 fully saturated rings. The number of nitrogens with one attached hydrogen (secondary N) is 2. The number of carbonyl (C=O) groups excluding carboxylic acids is 2. The van der Waals surface area contributed by atoms with Crippen LogP contribution in [0.5, 0.6) is 0 Å². The Morgan fingerprint density at radius 1 is 1.03 bits per heavy atom. The number of amides is 2. The van der Waals surface area contributed by atoms with Gasteiger partial charge < -0.3 is 20.5 Å². The second kappa shape index (κ2) is 9.65. The summed E-state index contributed by atoms with van der Waals surface area (Å²) in [6.45, 7) is 4.38. The first-order chi connectivity index (χ1) is 15.8. The van der Waals surface area contributed by atoms with E-state index in [2.05, 4.69) is 34.9 Å². The fourth-order valence-electron chi connectivity index (χ4n) is 4.59. The SMILES string of the molecule is CC(C)C(CC(=O)O)NC(=O)[C@@H]1C[C@@H]1CNC(=O)OCC1c2ccccc2-c2ccccc21. The Hall–Kier alpha value is -3.35. The Bertz CT molecular complexity index is 1000. The first kappa shape index (κ1) is 22.8. The minimum Gasteiger partial charge on any atom is -0.481 e. The van der Waals surface area contributed by atoms with Gasteiger partial charge in [0.15, 0.2) is 0 Å². The maximum absolute atomic E-state index is 12.4. The maximum Gasteiger partial charge on any atom is 0.407 e. The van der Waals surface area contributed by atoms with Gasteiger partial charge in [-0.05, 0) is 40.5 Å². The van der Waals surface area contributed by atoms with Crippen molar-refractivity contribution in [3.8, 4) is 11.1 Å². The standard InChI is InChI=1S/C26H30N2O5/c1-15(2)23(12-24(29)30)28-25(31)21-11-16(21)13-27-26(32)33-14-22-19-9-5-3-7-17(19)18-8-4-6-10-20(18)22/h3-10,15-16,21-23H,11-14H2,1-2H3,(H,27,32)(H,28,31)(H,29,30)/t16-,21-,23?/m1/s1. The largest absolute Gasteiger partial charge is 0.481 e. The summed E-state index contributed by atoms with van der Waals surface area (Å²) in [5, 5.41) is 14.6. The van der Waals surface area contributed by atoms with Crippen LogP contribution in [0.2, 0.25) is 0 Å². The second-order valence-electron chi connectivity index (χ2n) is 9.27. The number of rotatable bonds is 9. The third-order valence-electron chi connectivity index (χ3n) is 6.64. The van der Waals surface area contributed by atoms with Gasteiger partial charge in [-0.2, -0.15) is 0 Å². The lowest BCUT2D eigenvalue weighted by molar-refractivity contribution is -0.138. The summed E-state index contributed by atoms with van der Waals surface area (Å²) in [5.41, 5.74) is 4.67. The van der Waals surface area contributed by atoms with E-state index in [9.17, 15) is 14.4 Å². The van der Waals surface area contributed by atoms with Crippen molar-refractivity contribution in [2.24, 2.45) is 17.8 Å². The number of hydrogen-bond acceptors (Lipinski definition) is 4. The Balaban J connectivity index is 1.24. The molecule has 1 saturated carbocycles. The van der Waals surface area contributed by atoms with Crippen molar-refractivity contribution in [1.29, 1.82) is 0 Å². The molecule has 2 aliphatic carbocycles. The molecule has 0 aromatic heterocycles. The van der Waals surface area contributed by atoms with Crippen LogP contribution >= 0.6 is 0 Å². The Morgan fingerprint density at radius 3 is 2.21 bits per heavy atom. The van der Waals surface area contributed by atoms with E-state index in [1.165, 1.54) is 11.1 Å². The van der Waals surface area contributed by atoms with Crippen molar-refractivity contribution in [2.75, 3.05) is 13.2 Å². The minimum atomic E-state index is -0.932. The molecule has 3 atom stereocenters. The number of carboxylic acid groups (broad SMARTS) is 1. The summed E-state index contributed by atoms with van der Waals surface area (Å²) in [4.78, 5) is 35.8. The van der Waals surface area contributed by atoms with Gasteiger partial charge in [0, 0.05) is 24.4 Å². The van der Waals surface area contributed by atoms with Crippen LogP contribution in [0.1, 0.15) is 43.7 Å². The molecule has 2 amide bonds. The zero-order valence-corrected chi connectivity index (χ0v) is 18.9. The van der Waals surface area contributed by atoms with E-state index in [1.807, 2.05) is 38.1 Å². The lowest BCUT2D eigenvalue weighted by Crippen LogP contribution is -2.41. The van der Waals surface area contributed by atoms with Crippen LogP contribution in [-0.2, 0) is 14.3 Å². The zero-order valence-electron chi connectivity index (χ0n) is 18.9. The highest BCUT2D eigenvalue weighted by Gasteiger charge is 2.43. The molecule has 0 heterocycles. The van der Waals surface area contributed by atoms with Gasteiger partial charge >= 0.3 is 12.1 Å². The molecule has 0 bridgehead atoms. The van der Waals surface area contributed by atoms with Gasteiger partial charge in [0.1, 0.15) is 6.61 Å². The number of hydrogen-bond donors (Lipinski definition) is 3. The van der Waals surface area contributed by atoms with Crippen LogP contribution in [0.15, 0.2) is 48.5 Å². The molecule has 2 aromatic rings. The third kappa shape index (κ3) is 5.18. The average molecular weight is 451 g/mol. The van der Waals surface area contributed by atoms with Crippen LogP contribution in [0.4, 0.5) is 4.79 Å². The second-order valence-corrected chi connectivity index (χ2v) is 9.27. The number of benzene rings is 2. The van der Waals surface area contributed by atoms with Crippen LogP contribution < -0.4 is 10.6 Å². The highest BCUT2D eigenvalue weighted by atomic mass is 16.5. The summed E-state index contributed by atoms with van der Waals surface area (Å²) in [6, 6.07) is 15.9. The molecular weight excluding hydrogens is 420 g/mol. The molecule has 0 saturated heterocycles. The number of aliphatic carboxylic acids is 1. The Morgan fingerprint density at radius 2 is 1.64 bits per heavy atom. The predicted octanol–water partition coefficient (Wildman–Crippen LogP) is 3.78. The predicted molar refractivity (Wildman–Crippen MR) is 124 cm³/mol. The van der Waals surface area contributed by atoms with Gasteiger partial charge in [-0.1, -0.05) is 62.4 Å². The summed E-state index contributed by atoms with van der Waals surface area (Å²) in [7, 11) is 0. The maximum atomic E-state index is 12.4. The van der Waals surface area contributed by atoms with E-state index < -0.39 is 18.1 Å². The molecule has 0 spiro atoms. The summed E-state index contributed by atoms with van der Waals surface area (Å²) < 4.78 is 5.54. The van der Waals surface area contributed by atoms with Crippen molar-refractivity contribution in [3.63, 3.8) is 0 Å². The van der Waals surface area contributed by atoms with Gasteiger partial charge in [-0.3, -0.25) is 9.59 Å². The van der Waals surface area contributed by atoms with E-state index in [-0.39, 0.29) is 42.6 Å². The van der Waals surface area contributed by atoms with Gasteiger partial charge in [0.25, 0.3) is 0 Å². The number of fused-ring (bicyclic) bond motifs is 3. The van der Waals surface area contributed by atoms with E-state index in [4.69, 9.17) is 9.84 Å². The quantitative estimate of drug-likeness (QED) is 0.539. The number of alkyl carbamates (subject to hydrolysis) is 1. The van der Waals surface area contributed by atoms with Crippen molar-refractivity contribution in [1.82, 2.24) is 10.6 Å². The topological polar surface area (TPSA) is 105 Å². The summed E-state index contributed by atoms with van der Waals surface area (Å²) >= 11 is 0. The molecule has 3 N–H and O–H groups in total. The van der Waals surface area contributed by atoms with Crippen molar-refractivity contribution in [2.45, 2.75) is 38.6 Å². The monoisotopic (exact) mass is 450 g/mol. The van der Waals surface area contributed by atoms with Gasteiger partial charge in [0.2, 0.25) is 5.91 Å². The minimum absolute atomic E-state index is 0.00445. The molecule has 2 aliphatic rings. The Labute approximate surface area is 193 Å². The van der Waals surface area contributed by atoms with Crippen molar-refractivity contribution < 1.29 is 24.2 Å². The van der Waals surface area contributed by atoms with Crippen LogP contribution in [-0.4, -0.2) is 42.3 Å². The molecular formula is C26H30N2O5. The first-order valence-corrected chi connectivity index (χ1v) is 11.5.